The lowest BCUT2D eigenvalue weighted by atomic mass is 9.86. The fraction of sp³-hybridized carbons (Fsp3) is 0.176. The van der Waals surface area contributed by atoms with Gasteiger partial charge in [-0.05, 0) is 29.5 Å². The highest BCUT2D eigenvalue weighted by Gasteiger charge is 2.26. The van der Waals surface area contributed by atoms with Crippen LogP contribution in [-0.2, 0) is 4.79 Å². The third-order valence-electron chi connectivity index (χ3n) is 3.61. The molecule has 4 heteroatoms. The lowest BCUT2D eigenvalue weighted by Gasteiger charge is -2.23. The number of amides is 1. The van der Waals surface area contributed by atoms with E-state index in [1.54, 1.807) is 11.8 Å². The SMILES string of the molecule is CSc1ccc(C2=NNC(=O)CC2c2ccccc2)cc1. The topological polar surface area (TPSA) is 41.5 Å². The Morgan fingerprint density at radius 1 is 1.10 bits per heavy atom. The highest BCUT2D eigenvalue weighted by molar-refractivity contribution is 7.98. The Morgan fingerprint density at radius 3 is 2.48 bits per heavy atom. The van der Waals surface area contributed by atoms with Gasteiger partial charge < -0.3 is 0 Å². The third kappa shape index (κ3) is 3.00. The first kappa shape index (κ1) is 13.9. The smallest absolute Gasteiger partial charge is 0.241 e. The summed E-state index contributed by atoms with van der Waals surface area (Å²) in [6.07, 6.45) is 2.49. The van der Waals surface area contributed by atoms with Crippen LogP contribution in [0.25, 0.3) is 0 Å². The summed E-state index contributed by atoms with van der Waals surface area (Å²) in [6, 6.07) is 18.4. The van der Waals surface area contributed by atoms with Gasteiger partial charge in [-0.3, -0.25) is 4.79 Å². The van der Waals surface area contributed by atoms with E-state index >= 15 is 0 Å². The minimum absolute atomic E-state index is 0.0140. The van der Waals surface area contributed by atoms with Crippen molar-refractivity contribution in [2.75, 3.05) is 6.26 Å². The standard InChI is InChI=1S/C17H16N2OS/c1-21-14-9-7-13(8-10-14)17-15(11-16(20)18-19-17)12-5-3-2-4-6-12/h2-10,15H,11H2,1H3,(H,18,20). The average molecular weight is 296 g/mol. The zero-order valence-electron chi connectivity index (χ0n) is 11.7. The predicted molar refractivity (Wildman–Crippen MR) is 86.7 cm³/mol. The second kappa shape index (κ2) is 6.14. The van der Waals surface area contributed by atoms with Crippen LogP contribution < -0.4 is 5.43 Å². The Hall–Kier alpha value is -2.07. The Balaban J connectivity index is 1.98. The molecule has 0 radical (unpaired) electrons. The molecule has 3 nitrogen and oxygen atoms in total. The number of hydrogen-bond acceptors (Lipinski definition) is 3. The van der Waals surface area contributed by atoms with Crippen LogP contribution in [0.1, 0.15) is 23.5 Å². The van der Waals surface area contributed by atoms with Crippen molar-refractivity contribution in [3.8, 4) is 0 Å². The molecule has 0 spiro atoms. The molecule has 0 fully saturated rings. The van der Waals surface area contributed by atoms with Gasteiger partial charge in [0.05, 0.1) is 5.71 Å². The van der Waals surface area contributed by atoms with Crippen LogP contribution in [0.4, 0.5) is 0 Å². The van der Waals surface area contributed by atoms with Crippen molar-refractivity contribution in [2.45, 2.75) is 17.2 Å². The van der Waals surface area contributed by atoms with E-state index in [0.29, 0.717) is 6.42 Å². The summed E-state index contributed by atoms with van der Waals surface area (Å²) in [5.74, 6) is -0.0200. The predicted octanol–water partition coefficient (Wildman–Crippen LogP) is 3.42. The van der Waals surface area contributed by atoms with E-state index in [-0.39, 0.29) is 11.8 Å². The number of hydrogen-bond donors (Lipinski definition) is 1. The van der Waals surface area contributed by atoms with Gasteiger partial charge in [-0.1, -0.05) is 42.5 Å². The van der Waals surface area contributed by atoms with Gasteiger partial charge in [-0.15, -0.1) is 11.8 Å². The zero-order valence-corrected chi connectivity index (χ0v) is 12.6. The number of carbonyl (C=O) groups is 1. The minimum atomic E-state index is -0.0339. The average Bonchev–Trinajstić information content (AvgIpc) is 2.56. The summed E-state index contributed by atoms with van der Waals surface area (Å²) in [4.78, 5) is 12.9. The fourth-order valence-corrected chi connectivity index (χ4v) is 2.93. The van der Waals surface area contributed by atoms with Gasteiger partial charge in [-0.25, -0.2) is 5.43 Å². The summed E-state index contributed by atoms with van der Waals surface area (Å²) >= 11 is 1.71. The van der Waals surface area contributed by atoms with Crippen molar-refractivity contribution in [1.82, 2.24) is 5.43 Å². The van der Waals surface area contributed by atoms with E-state index in [1.807, 2.05) is 18.2 Å². The molecule has 1 unspecified atom stereocenters. The van der Waals surface area contributed by atoms with Gasteiger partial charge in [0.1, 0.15) is 0 Å². The number of nitrogens with zero attached hydrogens (tertiary/aromatic N) is 1. The van der Waals surface area contributed by atoms with Crippen LogP contribution in [0.5, 0.6) is 0 Å². The molecular weight excluding hydrogens is 280 g/mol. The molecule has 3 rings (SSSR count). The first-order valence-corrected chi connectivity index (χ1v) is 8.06. The Kier molecular flexibility index (Phi) is 4.06. The molecule has 1 N–H and O–H groups in total. The molecule has 1 aliphatic heterocycles. The second-order valence-electron chi connectivity index (χ2n) is 4.93. The lowest BCUT2D eigenvalue weighted by Crippen LogP contribution is -2.32. The first-order chi connectivity index (χ1) is 10.3. The van der Waals surface area contributed by atoms with Crippen LogP contribution in [0.3, 0.4) is 0 Å². The van der Waals surface area contributed by atoms with E-state index in [0.717, 1.165) is 16.8 Å². The molecule has 0 bridgehead atoms. The number of hydrazone groups is 1. The molecule has 1 aliphatic rings. The summed E-state index contributed by atoms with van der Waals surface area (Å²) in [5, 5.41) is 4.30. The van der Waals surface area contributed by atoms with E-state index in [4.69, 9.17) is 0 Å². The molecular formula is C17H16N2OS. The maximum atomic E-state index is 11.7. The lowest BCUT2D eigenvalue weighted by molar-refractivity contribution is -0.121. The van der Waals surface area contributed by atoms with Gasteiger partial charge in [0.25, 0.3) is 0 Å². The number of carbonyl (C=O) groups excluding carboxylic acids is 1. The number of benzene rings is 2. The molecule has 2 aromatic carbocycles. The van der Waals surface area contributed by atoms with Gasteiger partial charge in [0.15, 0.2) is 0 Å². The maximum Gasteiger partial charge on any atom is 0.241 e. The first-order valence-electron chi connectivity index (χ1n) is 6.83. The van der Waals surface area contributed by atoms with Gasteiger partial charge in [0, 0.05) is 17.2 Å². The zero-order chi connectivity index (χ0) is 14.7. The van der Waals surface area contributed by atoms with Crippen molar-refractivity contribution >= 4 is 23.4 Å². The largest absolute Gasteiger partial charge is 0.273 e. The van der Waals surface area contributed by atoms with Crippen LogP contribution >= 0.6 is 11.8 Å². The summed E-state index contributed by atoms with van der Waals surface area (Å²) < 4.78 is 0. The number of thioether (sulfide) groups is 1. The van der Waals surface area contributed by atoms with Crippen LogP contribution in [0.15, 0.2) is 64.6 Å². The molecule has 0 saturated carbocycles. The molecule has 0 aliphatic carbocycles. The summed E-state index contributed by atoms with van der Waals surface area (Å²) in [5.41, 5.74) is 5.71. The fourth-order valence-electron chi connectivity index (χ4n) is 2.52. The number of rotatable bonds is 3. The minimum Gasteiger partial charge on any atom is -0.273 e. The van der Waals surface area contributed by atoms with Crippen molar-refractivity contribution in [1.29, 1.82) is 0 Å². The van der Waals surface area contributed by atoms with Gasteiger partial charge in [0.2, 0.25) is 5.91 Å². The Bertz CT molecular complexity index is 665. The molecule has 1 amide bonds. The third-order valence-corrected chi connectivity index (χ3v) is 4.35. The molecule has 1 atom stereocenters. The van der Waals surface area contributed by atoms with E-state index in [9.17, 15) is 4.79 Å². The molecule has 0 saturated heterocycles. The number of nitrogens with one attached hydrogen (secondary N) is 1. The molecule has 106 valence electrons. The van der Waals surface area contributed by atoms with E-state index in [1.165, 1.54) is 4.90 Å². The summed E-state index contributed by atoms with van der Waals surface area (Å²) in [6.45, 7) is 0. The van der Waals surface area contributed by atoms with Gasteiger partial charge >= 0.3 is 0 Å². The molecule has 0 aromatic heterocycles. The summed E-state index contributed by atoms with van der Waals surface area (Å²) in [7, 11) is 0. The highest BCUT2D eigenvalue weighted by Crippen LogP contribution is 2.28. The van der Waals surface area contributed by atoms with Crippen molar-refractivity contribution in [3.05, 3.63) is 65.7 Å². The monoisotopic (exact) mass is 296 g/mol. The van der Waals surface area contributed by atoms with Crippen LogP contribution in [0.2, 0.25) is 0 Å². The van der Waals surface area contributed by atoms with Crippen molar-refractivity contribution < 1.29 is 4.79 Å². The van der Waals surface area contributed by atoms with E-state index < -0.39 is 0 Å². The van der Waals surface area contributed by atoms with Crippen molar-refractivity contribution in [2.24, 2.45) is 5.10 Å². The molecule has 1 heterocycles. The molecule has 21 heavy (non-hydrogen) atoms. The maximum absolute atomic E-state index is 11.7. The van der Waals surface area contributed by atoms with E-state index in [2.05, 4.69) is 53.2 Å². The van der Waals surface area contributed by atoms with Gasteiger partial charge in [-0.2, -0.15) is 5.10 Å². The van der Waals surface area contributed by atoms with Crippen LogP contribution in [-0.4, -0.2) is 17.9 Å². The quantitative estimate of drug-likeness (QED) is 0.882. The highest BCUT2D eigenvalue weighted by atomic mass is 32.2. The van der Waals surface area contributed by atoms with Crippen LogP contribution in [0, 0.1) is 0 Å². The molecule has 2 aromatic rings. The normalized spacial score (nSPS) is 18.0. The second-order valence-corrected chi connectivity index (χ2v) is 5.81. The Labute approximate surface area is 128 Å². The Morgan fingerprint density at radius 2 is 1.81 bits per heavy atom. The van der Waals surface area contributed by atoms with Crippen molar-refractivity contribution in [3.63, 3.8) is 0 Å².